The van der Waals surface area contributed by atoms with Crippen molar-refractivity contribution in [1.29, 1.82) is 0 Å². The molecule has 0 bridgehead atoms. The van der Waals surface area contributed by atoms with Crippen molar-refractivity contribution in [2.45, 2.75) is 148 Å². The van der Waals surface area contributed by atoms with Crippen molar-refractivity contribution in [3.8, 4) is 5.75 Å². The summed E-state index contributed by atoms with van der Waals surface area (Å²) in [6, 6.07) is 8.61. The zero-order valence-electron chi connectivity index (χ0n) is 30.8. The molecule has 0 N–H and O–H groups in total. The van der Waals surface area contributed by atoms with Crippen LogP contribution in [0.2, 0.25) is 33.2 Å². The second kappa shape index (κ2) is 15.6. The summed E-state index contributed by atoms with van der Waals surface area (Å²) < 4.78 is 20.7. The summed E-state index contributed by atoms with van der Waals surface area (Å²) in [5.41, 5.74) is 6.21. The molecule has 0 amide bonds. The maximum Gasteiger partial charge on any atom is 0.200 e. The Kier molecular flexibility index (Phi) is 13.3. The fourth-order valence-electron chi connectivity index (χ4n) is 9.86. The van der Waals surface area contributed by atoms with Gasteiger partial charge in [0.2, 0.25) is 0 Å². The van der Waals surface area contributed by atoms with E-state index in [1.165, 1.54) is 31.2 Å². The molecule has 5 heteroatoms. The number of fused-ring (bicyclic) bond motifs is 1. The number of hydrogen-bond acceptors (Lipinski definition) is 3. The monoisotopic (exact) mass is 640 g/mol. The minimum Gasteiger partial charge on any atom is -0.497 e. The molecule has 2 aliphatic rings. The van der Waals surface area contributed by atoms with E-state index >= 15 is 0 Å². The molecule has 0 heterocycles. The first-order chi connectivity index (χ1) is 20.7. The number of benzene rings is 1. The van der Waals surface area contributed by atoms with E-state index < -0.39 is 16.6 Å². The molecule has 44 heavy (non-hydrogen) atoms. The molecule has 1 aromatic carbocycles. The smallest absolute Gasteiger partial charge is 0.200 e. The van der Waals surface area contributed by atoms with Crippen molar-refractivity contribution in [3.05, 3.63) is 47.6 Å². The lowest BCUT2D eigenvalue weighted by Crippen LogP contribution is -2.54. The van der Waals surface area contributed by atoms with Gasteiger partial charge in [0, 0.05) is 24.5 Å². The summed E-state index contributed by atoms with van der Waals surface area (Å²) in [4.78, 5) is 0. The highest BCUT2D eigenvalue weighted by Gasteiger charge is 2.55. The number of methoxy groups -OCH3 is 1. The molecule has 1 saturated carbocycles. The minimum absolute atomic E-state index is 0.0293. The quantitative estimate of drug-likeness (QED) is 0.150. The van der Waals surface area contributed by atoms with Gasteiger partial charge in [0.25, 0.3) is 0 Å². The van der Waals surface area contributed by atoms with Gasteiger partial charge in [-0.25, -0.2) is 0 Å². The van der Waals surface area contributed by atoms with Gasteiger partial charge in [-0.15, -0.1) is 0 Å². The van der Waals surface area contributed by atoms with Crippen LogP contribution in [0.25, 0.3) is 6.08 Å². The first-order valence-corrected chi connectivity index (χ1v) is 22.2. The topological polar surface area (TPSA) is 27.7 Å². The highest BCUT2D eigenvalue weighted by molar-refractivity contribution is 6.78. The van der Waals surface area contributed by atoms with Crippen molar-refractivity contribution in [3.63, 3.8) is 0 Å². The van der Waals surface area contributed by atoms with E-state index in [4.69, 9.17) is 13.6 Å². The maximum absolute atomic E-state index is 7.60. The fraction of sp³-hybridized carbons (Fsp3) is 0.744. The number of rotatable bonds is 14. The van der Waals surface area contributed by atoms with Crippen LogP contribution in [0.3, 0.4) is 0 Å². The van der Waals surface area contributed by atoms with Crippen LogP contribution in [-0.2, 0) is 8.85 Å². The molecule has 0 radical (unpaired) electrons. The van der Waals surface area contributed by atoms with E-state index in [9.17, 15) is 0 Å². The van der Waals surface area contributed by atoms with E-state index in [1.54, 1.807) is 12.7 Å². The van der Waals surface area contributed by atoms with Crippen LogP contribution in [0.1, 0.15) is 121 Å². The van der Waals surface area contributed by atoms with Crippen molar-refractivity contribution in [2.24, 2.45) is 17.3 Å². The first-order valence-electron chi connectivity index (χ1n) is 18.0. The van der Waals surface area contributed by atoms with Crippen LogP contribution < -0.4 is 4.74 Å². The van der Waals surface area contributed by atoms with Crippen molar-refractivity contribution in [1.82, 2.24) is 0 Å². The average Bonchev–Trinajstić information content (AvgIpc) is 3.19. The zero-order valence-corrected chi connectivity index (χ0v) is 32.8. The highest BCUT2D eigenvalue weighted by Crippen LogP contribution is 2.57. The Hall–Kier alpha value is -1.15. The van der Waals surface area contributed by atoms with Crippen molar-refractivity contribution < 1.29 is 13.6 Å². The van der Waals surface area contributed by atoms with Crippen LogP contribution in [0.4, 0.5) is 0 Å². The van der Waals surface area contributed by atoms with Crippen molar-refractivity contribution in [2.75, 3.05) is 20.3 Å². The summed E-state index contributed by atoms with van der Waals surface area (Å²) >= 11 is 0. The van der Waals surface area contributed by atoms with Crippen LogP contribution >= 0.6 is 0 Å². The summed E-state index contributed by atoms with van der Waals surface area (Å²) in [7, 11) is -2.39. The van der Waals surface area contributed by atoms with Gasteiger partial charge in [-0.2, -0.15) is 0 Å². The lowest BCUT2D eigenvalue weighted by Gasteiger charge is -2.49. The molecular weight excluding hydrogens is 573 g/mol. The van der Waals surface area contributed by atoms with Gasteiger partial charge in [0.15, 0.2) is 16.6 Å². The van der Waals surface area contributed by atoms with Gasteiger partial charge < -0.3 is 13.6 Å². The third-order valence-electron chi connectivity index (χ3n) is 11.8. The van der Waals surface area contributed by atoms with Crippen LogP contribution in [-0.4, -0.2) is 37.0 Å². The average molecular weight is 641 g/mol. The number of ether oxygens (including phenoxy) is 1. The molecule has 0 saturated heterocycles. The zero-order chi connectivity index (χ0) is 32.9. The van der Waals surface area contributed by atoms with E-state index in [2.05, 4.69) is 126 Å². The molecule has 250 valence electrons. The van der Waals surface area contributed by atoms with Gasteiger partial charge in [-0.1, -0.05) is 125 Å². The summed E-state index contributed by atoms with van der Waals surface area (Å²) in [5, 5.41) is 0. The predicted octanol–water partition coefficient (Wildman–Crippen LogP) is 12.2. The Bertz CT molecular complexity index is 1000. The largest absolute Gasteiger partial charge is 0.497 e. The lowest BCUT2D eigenvalue weighted by atomic mass is 9.73. The van der Waals surface area contributed by atoms with Crippen molar-refractivity contribution >= 4 is 22.7 Å². The van der Waals surface area contributed by atoms with Crippen LogP contribution in [0, 0.1) is 17.3 Å². The van der Waals surface area contributed by atoms with Gasteiger partial charge in [0.1, 0.15) is 5.75 Å². The van der Waals surface area contributed by atoms with Crippen LogP contribution in [0.15, 0.2) is 42.0 Å². The van der Waals surface area contributed by atoms with Crippen LogP contribution in [0.5, 0.6) is 5.75 Å². The first kappa shape index (κ1) is 37.3. The van der Waals surface area contributed by atoms with E-state index in [0.717, 1.165) is 25.4 Å². The Morgan fingerprint density at radius 1 is 0.727 bits per heavy atom. The SMILES string of the molecule is COc1ccc(/C=C2\CC(CO[Si](C(C)C)(C(C)C)C(C)C)(CO[Si](C(C)C)(C(C)C)C(C)C)[C@@H]3CCCC/C=C\[C@@H]23)cc1. The molecule has 1 aromatic rings. The molecule has 0 spiro atoms. The van der Waals surface area contributed by atoms with Gasteiger partial charge >= 0.3 is 0 Å². The number of hydrogen-bond donors (Lipinski definition) is 0. The molecule has 2 atom stereocenters. The summed E-state index contributed by atoms with van der Waals surface area (Å²) in [6.07, 6.45) is 13.6. The Morgan fingerprint density at radius 3 is 1.64 bits per heavy atom. The third kappa shape index (κ3) is 7.53. The van der Waals surface area contributed by atoms with Gasteiger partial charge in [-0.3, -0.25) is 0 Å². The molecule has 3 rings (SSSR count). The Labute approximate surface area is 274 Å². The molecule has 3 nitrogen and oxygen atoms in total. The fourth-order valence-corrected chi connectivity index (χ4v) is 20.9. The second-order valence-electron chi connectivity index (χ2n) is 16.1. The predicted molar refractivity (Wildman–Crippen MR) is 197 cm³/mol. The normalized spacial score (nSPS) is 22.8. The molecule has 2 aliphatic carbocycles. The third-order valence-corrected chi connectivity index (χ3v) is 23.9. The molecule has 0 aromatic heterocycles. The maximum atomic E-state index is 7.60. The van der Waals surface area contributed by atoms with E-state index in [-0.39, 0.29) is 5.41 Å². The molecule has 1 fully saturated rings. The van der Waals surface area contributed by atoms with E-state index in [0.29, 0.717) is 45.1 Å². The van der Waals surface area contributed by atoms with Gasteiger partial charge in [-0.05, 0) is 82.5 Å². The summed E-state index contributed by atoms with van der Waals surface area (Å²) in [5.74, 6) is 1.87. The number of allylic oxidation sites excluding steroid dienone is 3. The lowest BCUT2D eigenvalue weighted by molar-refractivity contribution is 0.0192. The molecular formula is C39H68O3Si2. The molecule has 0 unspecified atom stereocenters. The van der Waals surface area contributed by atoms with E-state index in [1.807, 2.05) is 0 Å². The Morgan fingerprint density at radius 2 is 1.20 bits per heavy atom. The standard InChI is InChI=1S/C39H68O3Si2/c1-28(2)43(29(3)4,30(5)6)41-26-39(27-42-44(31(7)8,32(9)10)33(11)12)25-35(24-34-20-22-36(40-13)23-21-34)37-18-16-14-15-17-19-38(37)39/h16,18,20-24,28-33,37-38H,14-15,17,19,25-27H2,1-13H3/b18-16-,35-24+/t37-,38+/m0/s1. The minimum atomic E-state index is -2.06. The highest BCUT2D eigenvalue weighted by atomic mass is 28.4. The van der Waals surface area contributed by atoms with Gasteiger partial charge in [0.05, 0.1) is 7.11 Å². The Balaban J connectivity index is 2.18. The second-order valence-corrected chi connectivity index (χ2v) is 27.0. The summed E-state index contributed by atoms with van der Waals surface area (Å²) in [6.45, 7) is 30.7. The molecule has 0 aliphatic heterocycles.